The summed E-state index contributed by atoms with van der Waals surface area (Å²) in [5.41, 5.74) is -1.06. The smallest absolute Gasteiger partial charge is 0.338 e. The van der Waals surface area contributed by atoms with E-state index in [-0.39, 0.29) is 41.2 Å². The Balaban J connectivity index is 1.95. The van der Waals surface area contributed by atoms with Gasteiger partial charge < -0.3 is 14.6 Å². The Morgan fingerprint density at radius 2 is 1.76 bits per heavy atom. The van der Waals surface area contributed by atoms with Crippen molar-refractivity contribution in [1.29, 1.82) is 5.26 Å². The second kappa shape index (κ2) is 8.81. The van der Waals surface area contributed by atoms with Crippen molar-refractivity contribution in [2.24, 2.45) is 0 Å². The van der Waals surface area contributed by atoms with E-state index in [0.717, 1.165) is 18.2 Å². The van der Waals surface area contributed by atoms with Crippen molar-refractivity contribution >= 4 is 33.3 Å². The number of hydrogen-bond donors (Lipinski definition) is 2. The molecule has 0 aromatic heterocycles. The zero-order chi connectivity index (χ0) is 24.6. The van der Waals surface area contributed by atoms with Crippen LogP contribution in [0.5, 0.6) is 11.5 Å². The lowest BCUT2D eigenvalue weighted by molar-refractivity contribution is 0.0450. The largest absolute Gasteiger partial charge is 0.505 e. The number of nitrogens with zero attached hydrogens (tertiary/aromatic N) is 1. The number of nitriles is 1. The van der Waals surface area contributed by atoms with Crippen LogP contribution in [0.25, 0.3) is 11.1 Å². The lowest BCUT2D eigenvalue weighted by atomic mass is 10.0. The minimum atomic E-state index is -4.72. The van der Waals surface area contributed by atoms with Crippen LogP contribution in [0.1, 0.15) is 15.9 Å². The first kappa shape index (κ1) is 23.3. The third-order valence-electron chi connectivity index (χ3n) is 4.83. The van der Waals surface area contributed by atoms with Crippen LogP contribution >= 0.6 is 11.6 Å². The van der Waals surface area contributed by atoms with Crippen molar-refractivity contribution in [3.63, 3.8) is 0 Å². The van der Waals surface area contributed by atoms with Crippen molar-refractivity contribution in [3.05, 3.63) is 70.2 Å². The zero-order valence-electron chi connectivity index (χ0n) is 16.9. The van der Waals surface area contributed by atoms with E-state index in [1.807, 2.05) is 10.8 Å². The second-order valence-corrected chi connectivity index (χ2v) is 9.09. The maximum atomic E-state index is 14.8. The molecule has 0 saturated heterocycles. The summed E-state index contributed by atoms with van der Waals surface area (Å²) in [5.74, 6) is -4.08. The first-order chi connectivity index (χ1) is 16.1. The van der Waals surface area contributed by atoms with E-state index in [1.165, 1.54) is 18.2 Å². The molecule has 4 bridgehead atoms. The summed E-state index contributed by atoms with van der Waals surface area (Å²) in [6.07, 6.45) is 0. The number of rotatable bonds is 0. The van der Waals surface area contributed by atoms with Gasteiger partial charge in [0.15, 0.2) is 5.75 Å². The highest BCUT2D eigenvalue weighted by molar-refractivity contribution is 7.92. The Kier molecular flexibility index (Phi) is 6.03. The molecule has 1 aliphatic rings. The van der Waals surface area contributed by atoms with Gasteiger partial charge in [0.05, 0.1) is 27.9 Å². The van der Waals surface area contributed by atoms with E-state index in [1.54, 1.807) is 0 Å². The van der Waals surface area contributed by atoms with Gasteiger partial charge in [0, 0.05) is 17.2 Å². The van der Waals surface area contributed by atoms with E-state index in [0.29, 0.717) is 6.07 Å². The Morgan fingerprint density at radius 3 is 2.50 bits per heavy atom. The highest BCUT2D eigenvalue weighted by Crippen LogP contribution is 2.38. The van der Waals surface area contributed by atoms with Gasteiger partial charge in [-0.1, -0.05) is 11.6 Å². The van der Waals surface area contributed by atoms with Crippen LogP contribution in [0.15, 0.2) is 47.4 Å². The number of carbonyl (C=O) groups is 1. The molecular formula is C22H13ClF2N2O6S. The Hall–Kier alpha value is -3.88. The average Bonchev–Trinajstić information content (AvgIpc) is 2.79. The van der Waals surface area contributed by atoms with Gasteiger partial charge in [-0.15, -0.1) is 0 Å². The first-order valence-corrected chi connectivity index (χ1v) is 11.4. The van der Waals surface area contributed by atoms with Crippen LogP contribution in [0, 0.1) is 23.0 Å². The topological polar surface area (TPSA) is 126 Å². The van der Waals surface area contributed by atoms with Gasteiger partial charge in [-0.25, -0.2) is 22.0 Å². The van der Waals surface area contributed by atoms with E-state index < -0.39 is 49.0 Å². The fourth-order valence-electron chi connectivity index (χ4n) is 3.24. The summed E-state index contributed by atoms with van der Waals surface area (Å²) in [6.45, 7) is -0.468. The molecule has 34 heavy (non-hydrogen) atoms. The number of fused-ring (bicyclic) bond motifs is 6. The third kappa shape index (κ3) is 4.33. The van der Waals surface area contributed by atoms with E-state index >= 15 is 0 Å². The molecule has 3 aromatic carbocycles. The molecule has 0 aliphatic carbocycles. The van der Waals surface area contributed by atoms with Gasteiger partial charge in [-0.3, -0.25) is 4.72 Å². The Labute approximate surface area is 197 Å². The Morgan fingerprint density at radius 1 is 1.03 bits per heavy atom. The average molecular weight is 507 g/mol. The number of halogens is 3. The highest BCUT2D eigenvalue weighted by Gasteiger charge is 2.27. The Bertz CT molecular complexity index is 1490. The maximum Gasteiger partial charge on any atom is 0.338 e. The molecule has 8 nitrogen and oxygen atoms in total. The molecule has 0 unspecified atom stereocenters. The number of phenolic OH excluding ortho intramolecular Hbond substituents is 1. The summed E-state index contributed by atoms with van der Waals surface area (Å²) in [4.78, 5) is 11.6. The number of cyclic esters (lactones) is 1. The fraction of sp³-hybridized carbons (Fsp3) is 0.0909. The molecule has 174 valence electrons. The van der Waals surface area contributed by atoms with E-state index in [9.17, 15) is 32.4 Å². The number of ether oxygens (including phenoxy) is 2. The van der Waals surface area contributed by atoms with E-state index in [4.69, 9.17) is 21.1 Å². The van der Waals surface area contributed by atoms with Gasteiger partial charge in [0.2, 0.25) is 0 Å². The normalized spacial score (nSPS) is 14.8. The molecular weight excluding hydrogens is 494 g/mol. The van der Waals surface area contributed by atoms with Crippen LogP contribution in [0.3, 0.4) is 0 Å². The summed E-state index contributed by atoms with van der Waals surface area (Å²) in [7, 11) is -4.72. The molecule has 0 fully saturated rings. The molecule has 0 amide bonds. The molecule has 0 saturated carbocycles. The standard InChI is InChI=1S/C22H13ClF2N2O6S/c23-15-6-12-7-20(21(15)28)34(30,31)27-18-8-13(16(24)9-17(18)25)14-5-11(10-26)1-2-19(14)32-3-4-33-22(12)29/h1-2,5-9,27-28H,3-4H2. The summed E-state index contributed by atoms with van der Waals surface area (Å²) in [5, 5.41) is 19.0. The predicted octanol–water partition coefficient (Wildman–Crippen LogP) is 4.21. The van der Waals surface area contributed by atoms with Crippen molar-refractivity contribution in [1.82, 2.24) is 0 Å². The molecule has 1 aliphatic heterocycles. The summed E-state index contributed by atoms with van der Waals surface area (Å²) >= 11 is 5.89. The number of benzene rings is 3. The van der Waals surface area contributed by atoms with Crippen molar-refractivity contribution in [2.45, 2.75) is 4.90 Å². The first-order valence-electron chi connectivity index (χ1n) is 9.49. The number of phenols is 1. The highest BCUT2D eigenvalue weighted by atomic mass is 35.5. The number of anilines is 1. The molecule has 4 rings (SSSR count). The maximum absolute atomic E-state index is 14.8. The zero-order valence-corrected chi connectivity index (χ0v) is 18.5. The van der Waals surface area contributed by atoms with Crippen molar-refractivity contribution in [3.8, 4) is 28.7 Å². The molecule has 0 spiro atoms. The molecule has 12 heteroatoms. The van der Waals surface area contributed by atoms with Crippen LogP contribution in [0.4, 0.5) is 14.5 Å². The number of esters is 1. The monoisotopic (exact) mass is 506 g/mol. The summed E-state index contributed by atoms with van der Waals surface area (Å²) in [6, 6.07) is 9.11. The predicted molar refractivity (Wildman–Crippen MR) is 116 cm³/mol. The van der Waals surface area contributed by atoms with Crippen LogP contribution in [-0.4, -0.2) is 32.7 Å². The minimum Gasteiger partial charge on any atom is -0.505 e. The molecule has 1 heterocycles. The number of sulfonamides is 1. The van der Waals surface area contributed by atoms with Gasteiger partial charge in [-0.2, -0.15) is 5.26 Å². The number of nitrogens with one attached hydrogen (secondary N) is 1. The SMILES string of the molecule is N#Cc1ccc2c(c1)-c1cc(c(F)cc1F)NS(=O)(=O)c1cc(cc(Cl)c1O)C(=O)OCCO2. The van der Waals surface area contributed by atoms with Gasteiger partial charge in [0.25, 0.3) is 10.0 Å². The molecule has 0 atom stereocenters. The van der Waals surface area contributed by atoms with Crippen molar-refractivity contribution < 1.29 is 36.6 Å². The third-order valence-corrected chi connectivity index (χ3v) is 6.49. The number of carbonyl (C=O) groups excluding carboxylic acids is 1. The van der Waals surface area contributed by atoms with Crippen LogP contribution < -0.4 is 9.46 Å². The van der Waals surface area contributed by atoms with Gasteiger partial charge in [0.1, 0.15) is 35.5 Å². The van der Waals surface area contributed by atoms with E-state index in [2.05, 4.69) is 0 Å². The minimum absolute atomic E-state index is 0.0321. The number of hydrogen-bond acceptors (Lipinski definition) is 7. The molecule has 3 aromatic rings. The van der Waals surface area contributed by atoms with Crippen LogP contribution in [0.2, 0.25) is 5.02 Å². The lowest BCUT2D eigenvalue weighted by Crippen LogP contribution is -2.16. The fourth-order valence-corrected chi connectivity index (χ4v) is 4.71. The summed E-state index contributed by atoms with van der Waals surface area (Å²) < 4.78 is 67.8. The lowest BCUT2D eigenvalue weighted by Gasteiger charge is -2.15. The van der Waals surface area contributed by atoms with Gasteiger partial charge in [-0.05, 0) is 36.4 Å². The van der Waals surface area contributed by atoms with Crippen LogP contribution in [-0.2, 0) is 14.8 Å². The second-order valence-electron chi connectivity index (χ2n) is 7.03. The quantitative estimate of drug-likeness (QED) is 0.437. The molecule has 0 radical (unpaired) electrons. The van der Waals surface area contributed by atoms with Gasteiger partial charge >= 0.3 is 5.97 Å². The molecule has 2 N–H and O–H groups in total. The number of aromatic hydroxyl groups is 1. The van der Waals surface area contributed by atoms with Crippen molar-refractivity contribution in [2.75, 3.05) is 17.9 Å².